The molecule has 0 aliphatic rings. The van der Waals surface area contributed by atoms with Gasteiger partial charge in [0.15, 0.2) is 0 Å². The Balaban J connectivity index is 2.13. The molecule has 0 saturated carbocycles. The lowest BCUT2D eigenvalue weighted by Gasteiger charge is -2.10. The van der Waals surface area contributed by atoms with Crippen LogP contribution in [0.2, 0.25) is 0 Å². The molecule has 0 radical (unpaired) electrons. The highest BCUT2D eigenvalue weighted by molar-refractivity contribution is 5.96. The SMILES string of the molecule is Cc1cccc(N)c1C(=O)OCc1ccc(F)cc1F. The molecule has 0 amide bonds. The lowest BCUT2D eigenvalue weighted by molar-refractivity contribution is 0.0469. The largest absolute Gasteiger partial charge is 0.457 e. The van der Waals surface area contributed by atoms with Crippen molar-refractivity contribution in [2.45, 2.75) is 13.5 Å². The van der Waals surface area contributed by atoms with Crippen LogP contribution < -0.4 is 5.73 Å². The Labute approximate surface area is 115 Å². The minimum absolute atomic E-state index is 0.104. The molecule has 3 nitrogen and oxygen atoms in total. The number of halogens is 2. The normalized spacial score (nSPS) is 10.3. The molecule has 0 unspecified atom stereocenters. The number of nitrogen functional groups attached to an aromatic ring is 1. The topological polar surface area (TPSA) is 52.3 Å². The van der Waals surface area contributed by atoms with Gasteiger partial charge >= 0.3 is 5.97 Å². The fourth-order valence-corrected chi connectivity index (χ4v) is 1.82. The number of aryl methyl sites for hydroxylation is 1. The third-order valence-electron chi connectivity index (χ3n) is 2.88. The number of hydrogen-bond acceptors (Lipinski definition) is 3. The molecular formula is C15H13F2NO2. The number of hydrogen-bond donors (Lipinski definition) is 1. The summed E-state index contributed by atoms with van der Waals surface area (Å²) >= 11 is 0. The van der Waals surface area contributed by atoms with E-state index >= 15 is 0 Å². The predicted molar refractivity (Wildman–Crippen MR) is 71.1 cm³/mol. The highest BCUT2D eigenvalue weighted by Gasteiger charge is 2.15. The average Bonchev–Trinajstić information content (AvgIpc) is 2.37. The second kappa shape index (κ2) is 5.69. The Morgan fingerprint density at radius 2 is 2.00 bits per heavy atom. The zero-order valence-electron chi connectivity index (χ0n) is 10.8. The molecule has 2 N–H and O–H groups in total. The van der Waals surface area contributed by atoms with Crippen LogP contribution in [0.1, 0.15) is 21.5 Å². The molecule has 2 rings (SSSR count). The number of nitrogens with two attached hydrogens (primary N) is 1. The average molecular weight is 277 g/mol. The maximum atomic E-state index is 13.4. The van der Waals surface area contributed by atoms with E-state index in [0.717, 1.165) is 12.1 Å². The Morgan fingerprint density at radius 3 is 2.65 bits per heavy atom. The number of carbonyl (C=O) groups excluding carboxylic acids is 1. The molecule has 0 atom stereocenters. The van der Waals surface area contributed by atoms with E-state index in [0.29, 0.717) is 11.3 Å². The van der Waals surface area contributed by atoms with Crippen LogP contribution in [0.3, 0.4) is 0 Å². The van der Waals surface area contributed by atoms with E-state index in [9.17, 15) is 13.6 Å². The molecule has 2 aromatic carbocycles. The van der Waals surface area contributed by atoms with Gasteiger partial charge in [-0.1, -0.05) is 12.1 Å². The van der Waals surface area contributed by atoms with Crippen molar-refractivity contribution in [2.75, 3.05) is 5.73 Å². The third-order valence-corrected chi connectivity index (χ3v) is 2.88. The monoisotopic (exact) mass is 277 g/mol. The van der Waals surface area contributed by atoms with Gasteiger partial charge < -0.3 is 10.5 Å². The van der Waals surface area contributed by atoms with Gasteiger partial charge in [0.05, 0.1) is 5.56 Å². The van der Waals surface area contributed by atoms with E-state index in [1.165, 1.54) is 6.07 Å². The van der Waals surface area contributed by atoms with Crippen molar-refractivity contribution in [3.8, 4) is 0 Å². The maximum Gasteiger partial charge on any atom is 0.340 e. The minimum atomic E-state index is -0.754. The molecular weight excluding hydrogens is 264 g/mol. The van der Waals surface area contributed by atoms with Crippen molar-refractivity contribution < 1.29 is 18.3 Å². The van der Waals surface area contributed by atoms with E-state index in [1.807, 2.05) is 0 Å². The fourth-order valence-electron chi connectivity index (χ4n) is 1.82. The Bertz CT molecular complexity index is 636. The predicted octanol–water partition coefficient (Wildman–Crippen LogP) is 3.21. The van der Waals surface area contributed by atoms with Gasteiger partial charge in [-0.15, -0.1) is 0 Å². The molecule has 0 saturated heterocycles. The first-order valence-electron chi connectivity index (χ1n) is 5.95. The van der Waals surface area contributed by atoms with E-state index in [4.69, 9.17) is 10.5 Å². The second-order valence-electron chi connectivity index (χ2n) is 4.35. The van der Waals surface area contributed by atoms with Crippen LogP contribution in [0.4, 0.5) is 14.5 Å². The van der Waals surface area contributed by atoms with Crippen LogP contribution in [0.5, 0.6) is 0 Å². The smallest absolute Gasteiger partial charge is 0.340 e. The molecule has 2 aromatic rings. The lowest BCUT2D eigenvalue weighted by Crippen LogP contribution is -2.10. The molecule has 0 aliphatic heterocycles. The molecule has 0 spiro atoms. The van der Waals surface area contributed by atoms with Gasteiger partial charge in [0.1, 0.15) is 18.2 Å². The molecule has 0 aliphatic carbocycles. The first-order valence-corrected chi connectivity index (χ1v) is 5.95. The van der Waals surface area contributed by atoms with Crippen LogP contribution in [0.15, 0.2) is 36.4 Å². The molecule has 0 bridgehead atoms. The quantitative estimate of drug-likeness (QED) is 0.692. The minimum Gasteiger partial charge on any atom is -0.457 e. The van der Waals surface area contributed by atoms with Gasteiger partial charge in [-0.2, -0.15) is 0 Å². The van der Waals surface area contributed by atoms with Crippen molar-refractivity contribution in [1.82, 2.24) is 0 Å². The third kappa shape index (κ3) is 2.93. The van der Waals surface area contributed by atoms with Gasteiger partial charge in [-0.3, -0.25) is 0 Å². The number of ether oxygens (including phenoxy) is 1. The highest BCUT2D eigenvalue weighted by Crippen LogP contribution is 2.18. The van der Waals surface area contributed by atoms with Crippen LogP contribution in [0, 0.1) is 18.6 Å². The standard InChI is InChI=1S/C15H13F2NO2/c1-9-3-2-4-13(18)14(9)15(19)20-8-10-5-6-11(16)7-12(10)17/h2-7H,8,18H2,1H3. The summed E-state index contributed by atoms with van der Waals surface area (Å²) in [7, 11) is 0. The summed E-state index contributed by atoms with van der Waals surface area (Å²) in [5.41, 5.74) is 7.06. The Kier molecular flexibility index (Phi) is 3.98. The van der Waals surface area contributed by atoms with Gasteiger partial charge in [-0.25, -0.2) is 13.6 Å². The Morgan fingerprint density at radius 1 is 1.25 bits per heavy atom. The van der Waals surface area contributed by atoms with E-state index in [2.05, 4.69) is 0 Å². The molecule has 0 fully saturated rings. The van der Waals surface area contributed by atoms with E-state index in [1.54, 1.807) is 25.1 Å². The van der Waals surface area contributed by atoms with Crippen molar-refractivity contribution in [1.29, 1.82) is 0 Å². The highest BCUT2D eigenvalue weighted by atomic mass is 19.1. The van der Waals surface area contributed by atoms with Gasteiger partial charge in [0.2, 0.25) is 0 Å². The number of rotatable bonds is 3. The lowest BCUT2D eigenvalue weighted by atomic mass is 10.1. The number of benzene rings is 2. The summed E-state index contributed by atoms with van der Waals surface area (Å²) < 4.78 is 31.2. The second-order valence-corrected chi connectivity index (χ2v) is 4.35. The molecule has 0 aromatic heterocycles. The van der Waals surface area contributed by atoms with Gasteiger partial charge in [-0.05, 0) is 30.7 Å². The van der Waals surface area contributed by atoms with Crippen molar-refractivity contribution in [3.05, 3.63) is 64.7 Å². The molecule has 104 valence electrons. The van der Waals surface area contributed by atoms with Crippen molar-refractivity contribution >= 4 is 11.7 Å². The number of anilines is 1. The van der Waals surface area contributed by atoms with Crippen LogP contribution >= 0.6 is 0 Å². The number of carbonyl (C=O) groups is 1. The summed E-state index contributed by atoms with van der Waals surface area (Å²) in [5.74, 6) is -2.07. The number of esters is 1. The summed E-state index contributed by atoms with van der Waals surface area (Å²) in [6.07, 6.45) is 0. The fraction of sp³-hybridized carbons (Fsp3) is 0.133. The first-order chi connectivity index (χ1) is 9.49. The van der Waals surface area contributed by atoms with Crippen LogP contribution in [-0.4, -0.2) is 5.97 Å². The summed E-state index contributed by atoms with van der Waals surface area (Å²) in [6.45, 7) is 1.45. The summed E-state index contributed by atoms with van der Waals surface area (Å²) in [4.78, 5) is 11.9. The van der Waals surface area contributed by atoms with E-state index < -0.39 is 17.6 Å². The maximum absolute atomic E-state index is 13.4. The summed E-state index contributed by atoms with van der Waals surface area (Å²) in [6, 6.07) is 8.12. The zero-order chi connectivity index (χ0) is 14.7. The Hall–Kier alpha value is -2.43. The van der Waals surface area contributed by atoms with Gasteiger partial charge in [0, 0.05) is 17.3 Å². The molecule has 20 heavy (non-hydrogen) atoms. The van der Waals surface area contributed by atoms with Crippen molar-refractivity contribution in [2.24, 2.45) is 0 Å². The van der Waals surface area contributed by atoms with E-state index in [-0.39, 0.29) is 17.7 Å². The molecule has 0 heterocycles. The van der Waals surface area contributed by atoms with Gasteiger partial charge in [0.25, 0.3) is 0 Å². The molecule has 5 heteroatoms. The van der Waals surface area contributed by atoms with Crippen LogP contribution in [-0.2, 0) is 11.3 Å². The van der Waals surface area contributed by atoms with Crippen LogP contribution in [0.25, 0.3) is 0 Å². The van der Waals surface area contributed by atoms with Crippen molar-refractivity contribution in [3.63, 3.8) is 0 Å². The zero-order valence-corrected chi connectivity index (χ0v) is 10.8. The first kappa shape index (κ1) is 14.0. The summed E-state index contributed by atoms with van der Waals surface area (Å²) in [5, 5.41) is 0.